The van der Waals surface area contributed by atoms with Crippen molar-refractivity contribution >= 4 is 24.1 Å². The molecule has 0 radical (unpaired) electrons. The normalized spacial score (nSPS) is 25.4. The molecule has 4 atom stereocenters. The molecule has 208 valence electrons. The van der Waals surface area contributed by atoms with E-state index in [0.717, 1.165) is 18.4 Å². The quantitative estimate of drug-likeness (QED) is 0.466. The Bertz CT molecular complexity index is 1090. The predicted octanol–water partition coefficient (Wildman–Crippen LogP) is 3.65. The summed E-state index contributed by atoms with van der Waals surface area (Å²) >= 11 is 0. The molecule has 10 nitrogen and oxygen atoms in total. The summed E-state index contributed by atoms with van der Waals surface area (Å²) in [5, 5.41) is 2.67. The smallest absolute Gasteiger partial charge is 0.410 e. The first kappa shape index (κ1) is 27.7. The van der Waals surface area contributed by atoms with Crippen LogP contribution in [-0.2, 0) is 36.9 Å². The van der Waals surface area contributed by atoms with Crippen LogP contribution in [0.3, 0.4) is 0 Å². The van der Waals surface area contributed by atoms with E-state index in [2.05, 4.69) is 5.32 Å². The number of carbonyl (C=O) groups is 4. The average molecular weight is 534 g/mol. The summed E-state index contributed by atoms with van der Waals surface area (Å²) in [5.41, 5.74) is 0.433. The third-order valence-electron chi connectivity index (χ3n) is 7.22. The molecule has 0 bridgehead atoms. The van der Waals surface area contributed by atoms with Crippen molar-refractivity contribution in [2.45, 2.75) is 102 Å². The molecule has 1 aromatic rings. The lowest BCUT2D eigenvalue weighted by Crippen LogP contribution is -2.55. The standard InChI is InChI=1S/C27H36FN3O7/c1-27(2,3)38-25(34)29-19-11-6-5-7-12-20-22(13-21(24(33)36-4)31(20)23(19)32)37-26(35)30-14-16-9-8-10-18(28)17(16)15-30/h8-10,19-22H,5-7,11-15H2,1-4H3,(H,29,34)/t19-,20-,21-,22+/m0/s1. The summed E-state index contributed by atoms with van der Waals surface area (Å²) in [7, 11) is 1.24. The summed E-state index contributed by atoms with van der Waals surface area (Å²) < 4.78 is 30.4. The Hall–Kier alpha value is -3.37. The van der Waals surface area contributed by atoms with Gasteiger partial charge in [-0.1, -0.05) is 31.4 Å². The van der Waals surface area contributed by atoms with Gasteiger partial charge in [0, 0.05) is 18.5 Å². The number of fused-ring (bicyclic) bond motifs is 2. The van der Waals surface area contributed by atoms with Crippen molar-refractivity contribution in [1.82, 2.24) is 15.1 Å². The third-order valence-corrected chi connectivity index (χ3v) is 7.22. The van der Waals surface area contributed by atoms with Crippen LogP contribution in [0.25, 0.3) is 0 Å². The van der Waals surface area contributed by atoms with Crippen molar-refractivity contribution in [3.63, 3.8) is 0 Å². The first-order chi connectivity index (χ1) is 18.0. The van der Waals surface area contributed by atoms with Crippen LogP contribution in [0.2, 0.25) is 0 Å². The molecule has 3 amide bonds. The van der Waals surface area contributed by atoms with Crippen LogP contribution in [0.4, 0.5) is 14.0 Å². The SMILES string of the molecule is COC(=O)[C@@H]1C[C@@H](OC(=O)N2Cc3cccc(F)c3C2)[C@@H]2CCCCC[C@H](NC(=O)OC(C)(C)C)C(=O)N12. The fourth-order valence-electron chi connectivity index (χ4n) is 5.50. The van der Waals surface area contributed by atoms with Crippen LogP contribution in [0.15, 0.2) is 18.2 Å². The second-order valence-corrected chi connectivity index (χ2v) is 11.1. The highest BCUT2D eigenvalue weighted by Crippen LogP contribution is 2.35. The molecular weight excluding hydrogens is 497 g/mol. The molecule has 11 heteroatoms. The van der Waals surface area contributed by atoms with E-state index in [9.17, 15) is 23.6 Å². The number of nitrogens with zero attached hydrogens (tertiary/aromatic N) is 2. The molecule has 4 rings (SSSR count). The maximum Gasteiger partial charge on any atom is 0.410 e. The number of carbonyl (C=O) groups excluding carboxylic acids is 4. The number of halogens is 1. The highest BCUT2D eigenvalue weighted by Gasteiger charge is 2.51. The summed E-state index contributed by atoms with van der Waals surface area (Å²) in [4.78, 5) is 55.0. The lowest BCUT2D eigenvalue weighted by molar-refractivity contribution is -0.153. The minimum Gasteiger partial charge on any atom is -0.467 e. The van der Waals surface area contributed by atoms with Gasteiger partial charge in [0.15, 0.2) is 0 Å². The zero-order chi connectivity index (χ0) is 27.6. The number of methoxy groups -OCH3 is 1. The number of nitrogens with one attached hydrogen (secondary N) is 1. The second kappa shape index (κ2) is 11.2. The summed E-state index contributed by atoms with van der Waals surface area (Å²) in [6.45, 7) is 5.49. The molecule has 2 saturated heterocycles. The molecule has 3 heterocycles. The van der Waals surface area contributed by atoms with Gasteiger partial charge < -0.3 is 24.4 Å². The minimum absolute atomic E-state index is 0.0725. The highest BCUT2D eigenvalue weighted by atomic mass is 19.1. The lowest BCUT2D eigenvalue weighted by Gasteiger charge is -2.33. The van der Waals surface area contributed by atoms with Gasteiger partial charge in [-0.05, 0) is 45.2 Å². The molecule has 1 aromatic carbocycles. The number of esters is 1. The first-order valence-corrected chi connectivity index (χ1v) is 13.1. The van der Waals surface area contributed by atoms with Crippen molar-refractivity contribution < 1.29 is 37.8 Å². The highest BCUT2D eigenvalue weighted by molar-refractivity contribution is 5.91. The summed E-state index contributed by atoms with van der Waals surface area (Å²) in [5.74, 6) is -1.43. The van der Waals surface area contributed by atoms with Crippen molar-refractivity contribution in [2.75, 3.05) is 7.11 Å². The molecule has 3 aliphatic heterocycles. The van der Waals surface area contributed by atoms with Crippen LogP contribution in [0.1, 0.15) is 70.4 Å². The number of ether oxygens (including phenoxy) is 3. The Labute approximate surface area is 221 Å². The monoisotopic (exact) mass is 533 g/mol. The Morgan fingerprint density at radius 1 is 1.08 bits per heavy atom. The van der Waals surface area contributed by atoms with E-state index in [1.54, 1.807) is 32.9 Å². The summed E-state index contributed by atoms with van der Waals surface area (Å²) in [6.07, 6.45) is 1.11. The molecule has 0 spiro atoms. The number of hydrogen-bond acceptors (Lipinski definition) is 7. The van der Waals surface area contributed by atoms with E-state index in [1.165, 1.54) is 23.0 Å². The van der Waals surface area contributed by atoms with Crippen LogP contribution < -0.4 is 5.32 Å². The lowest BCUT2D eigenvalue weighted by atomic mass is 10.0. The number of amides is 3. The topological polar surface area (TPSA) is 114 Å². The van der Waals surface area contributed by atoms with Gasteiger partial charge in [-0.25, -0.2) is 18.8 Å². The molecule has 1 N–H and O–H groups in total. The minimum atomic E-state index is -0.968. The van der Waals surface area contributed by atoms with E-state index in [0.29, 0.717) is 24.8 Å². The molecule has 3 aliphatic rings. The predicted molar refractivity (Wildman–Crippen MR) is 133 cm³/mol. The number of alkyl carbamates (subject to hydrolysis) is 1. The Morgan fingerprint density at radius 2 is 1.82 bits per heavy atom. The number of rotatable bonds is 3. The van der Waals surface area contributed by atoms with Crippen LogP contribution in [0.5, 0.6) is 0 Å². The maximum absolute atomic E-state index is 14.2. The molecule has 0 aromatic heterocycles. The van der Waals surface area contributed by atoms with Crippen molar-refractivity contribution in [1.29, 1.82) is 0 Å². The Balaban J connectivity index is 1.53. The second-order valence-electron chi connectivity index (χ2n) is 11.1. The molecular formula is C27H36FN3O7. The van der Waals surface area contributed by atoms with E-state index in [1.807, 2.05) is 0 Å². The van der Waals surface area contributed by atoms with Gasteiger partial charge in [0.2, 0.25) is 5.91 Å². The zero-order valence-electron chi connectivity index (χ0n) is 22.3. The fraction of sp³-hybridized carbons (Fsp3) is 0.630. The van der Waals surface area contributed by atoms with E-state index >= 15 is 0 Å². The van der Waals surface area contributed by atoms with Gasteiger partial charge in [-0.3, -0.25) is 9.69 Å². The maximum atomic E-state index is 14.2. The molecule has 38 heavy (non-hydrogen) atoms. The van der Waals surface area contributed by atoms with Crippen LogP contribution >= 0.6 is 0 Å². The Morgan fingerprint density at radius 3 is 2.50 bits per heavy atom. The Kier molecular flexibility index (Phi) is 8.13. The van der Waals surface area contributed by atoms with Gasteiger partial charge in [-0.15, -0.1) is 0 Å². The summed E-state index contributed by atoms with van der Waals surface area (Å²) in [6, 6.07) is 2.29. The third kappa shape index (κ3) is 6.02. The van der Waals surface area contributed by atoms with Gasteiger partial charge in [0.1, 0.15) is 29.6 Å². The van der Waals surface area contributed by atoms with Crippen LogP contribution in [-0.4, -0.2) is 70.8 Å². The molecule has 0 unspecified atom stereocenters. The van der Waals surface area contributed by atoms with Crippen molar-refractivity contribution in [3.05, 3.63) is 35.1 Å². The van der Waals surface area contributed by atoms with Gasteiger partial charge in [0.25, 0.3) is 0 Å². The van der Waals surface area contributed by atoms with E-state index in [4.69, 9.17) is 14.2 Å². The average Bonchev–Trinajstić information content (AvgIpc) is 3.44. The number of hydrogen-bond donors (Lipinski definition) is 1. The van der Waals surface area contributed by atoms with Gasteiger partial charge in [-0.2, -0.15) is 0 Å². The fourth-order valence-corrected chi connectivity index (χ4v) is 5.50. The van der Waals surface area contributed by atoms with Crippen LogP contribution in [0, 0.1) is 5.82 Å². The van der Waals surface area contributed by atoms with E-state index < -0.39 is 53.9 Å². The first-order valence-electron chi connectivity index (χ1n) is 13.1. The van der Waals surface area contributed by atoms with Crippen molar-refractivity contribution in [3.8, 4) is 0 Å². The van der Waals surface area contributed by atoms with Crippen molar-refractivity contribution in [2.24, 2.45) is 0 Å². The molecule has 0 aliphatic carbocycles. The van der Waals surface area contributed by atoms with Gasteiger partial charge in [0.05, 0.1) is 19.7 Å². The molecule has 0 saturated carbocycles. The number of benzene rings is 1. The molecule has 2 fully saturated rings. The van der Waals surface area contributed by atoms with Gasteiger partial charge >= 0.3 is 18.2 Å². The van der Waals surface area contributed by atoms with E-state index in [-0.39, 0.29) is 25.3 Å². The largest absolute Gasteiger partial charge is 0.467 e. The zero-order valence-corrected chi connectivity index (χ0v) is 22.3.